The molecule has 3 nitrogen and oxygen atoms in total. The molecule has 0 aromatic heterocycles. The zero-order chi connectivity index (χ0) is 14.7. The SMILES string of the molecule is Cc1ccc(NC(=O)NSc2ccc3c(c2)CCC3)cc1. The summed E-state index contributed by atoms with van der Waals surface area (Å²) in [6.45, 7) is 2.02. The predicted octanol–water partition coefficient (Wildman–Crippen LogP) is 4.31. The summed E-state index contributed by atoms with van der Waals surface area (Å²) < 4.78 is 2.82. The van der Waals surface area contributed by atoms with Crippen LogP contribution in [0.5, 0.6) is 0 Å². The Balaban J connectivity index is 1.55. The van der Waals surface area contributed by atoms with Gasteiger partial charge in [-0.1, -0.05) is 23.8 Å². The van der Waals surface area contributed by atoms with Crippen LogP contribution in [0.2, 0.25) is 0 Å². The van der Waals surface area contributed by atoms with Crippen molar-refractivity contribution in [3.63, 3.8) is 0 Å². The number of fused-ring (bicyclic) bond motifs is 1. The summed E-state index contributed by atoms with van der Waals surface area (Å²) in [4.78, 5) is 12.9. The third-order valence-corrected chi connectivity index (χ3v) is 4.42. The minimum atomic E-state index is -0.204. The second-order valence-electron chi connectivity index (χ2n) is 5.31. The summed E-state index contributed by atoms with van der Waals surface area (Å²) in [5.41, 5.74) is 4.84. The lowest BCUT2D eigenvalue weighted by Crippen LogP contribution is -2.22. The van der Waals surface area contributed by atoms with Gasteiger partial charge in [-0.15, -0.1) is 0 Å². The first-order valence-corrected chi connectivity index (χ1v) is 7.95. The molecule has 0 fully saturated rings. The van der Waals surface area contributed by atoms with E-state index in [1.807, 2.05) is 31.2 Å². The van der Waals surface area contributed by atoms with Gasteiger partial charge in [-0.25, -0.2) is 4.79 Å². The van der Waals surface area contributed by atoms with Crippen molar-refractivity contribution in [2.24, 2.45) is 0 Å². The van der Waals surface area contributed by atoms with E-state index in [1.165, 1.54) is 41.5 Å². The fraction of sp³-hybridized carbons (Fsp3) is 0.235. The van der Waals surface area contributed by atoms with Gasteiger partial charge in [-0.05, 0) is 73.5 Å². The molecule has 1 aliphatic carbocycles. The fourth-order valence-corrected chi connectivity index (χ4v) is 3.11. The van der Waals surface area contributed by atoms with Gasteiger partial charge in [0.25, 0.3) is 0 Å². The van der Waals surface area contributed by atoms with E-state index in [9.17, 15) is 4.79 Å². The number of benzene rings is 2. The van der Waals surface area contributed by atoms with E-state index in [0.29, 0.717) is 0 Å². The highest BCUT2D eigenvalue weighted by atomic mass is 32.2. The smallest absolute Gasteiger partial charge is 0.307 e. The van der Waals surface area contributed by atoms with Crippen molar-refractivity contribution >= 4 is 23.7 Å². The molecule has 3 rings (SSSR count). The van der Waals surface area contributed by atoms with Crippen molar-refractivity contribution in [3.05, 3.63) is 59.2 Å². The number of nitrogens with one attached hydrogen (secondary N) is 2. The Morgan fingerprint density at radius 3 is 2.62 bits per heavy atom. The number of anilines is 1. The van der Waals surface area contributed by atoms with Crippen LogP contribution in [-0.2, 0) is 12.8 Å². The van der Waals surface area contributed by atoms with E-state index in [0.717, 1.165) is 17.0 Å². The van der Waals surface area contributed by atoms with E-state index in [2.05, 4.69) is 28.2 Å². The monoisotopic (exact) mass is 298 g/mol. The van der Waals surface area contributed by atoms with Gasteiger partial charge in [0.2, 0.25) is 0 Å². The number of hydrogen-bond acceptors (Lipinski definition) is 2. The highest BCUT2D eigenvalue weighted by Crippen LogP contribution is 2.26. The standard InChI is InChI=1S/C17H18N2OS/c1-12-5-8-15(9-6-12)18-17(20)19-21-16-10-7-13-3-2-4-14(13)11-16/h5-11H,2-4H2,1H3,(H2,18,19,20). The van der Waals surface area contributed by atoms with Crippen LogP contribution < -0.4 is 10.0 Å². The van der Waals surface area contributed by atoms with Crippen LogP contribution in [0.3, 0.4) is 0 Å². The Hall–Kier alpha value is -1.94. The molecule has 0 saturated carbocycles. The van der Waals surface area contributed by atoms with E-state index < -0.39 is 0 Å². The molecule has 0 atom stereocenters. The van der Waals surface area contributed by atoms with E-state index in [4.69, 9.17) is 0 Å². The normalized spacial score (nSPS) is 12.8. The van der Waals surface area contributed by atoms with Crippen LogP contribution in [-0.4, -0.2) is 6.03 Å². The number of carbonyl (C=O) groups is 1. The van der Waals surface area contributed by atoms with Crippen LogP contribution in [0, 0.1) is 6.92 Å². The molecule has 0 heterocycles. The van der Waals surface area contributed by atoms with Crippen molar-refractivity contribution in [2.75, 3.05) is 5.32 Å². The van der Waals surface area contributed by atoms with Crippen molar-refractivity contribution in [1.29, 1.82) is 0 Å². The molecule has 2 aromatic carbocycles. The van der Waals surface area contributed by atoms with Gasteiger partial charge in [0.1, 0.15) is 0 Å². The molecule has 0 unspecified atom stereocenters. The van der Waals surface area contributed by atoms with Gasteiger partial charge in [0.15, 0.2) is 0 Å². The minimum Gasteiger partial charge on any atom is -0.307 e. The van der Waals surface area contributed by atoms with Crippen LogP contribution in [0.4, 0.5) is 10.5 Å². The Labute approximate surface area is 129 Å². The number of amides is 2. The number of hydrogen-bond donors (Lipinski definition) is 2. The molecule has 2 aromatic rings. The average Bonchev–Trinajstić information content (AvgIpc) is 2.95. The largest absolute Gasteiger partial charge is 0.329 e. The molecule has 21 heavy (non-hydrogen) atoms. The zero-order valence-electron chi connectivity index (χ0n) is 12.0. The van der Waals surface area contributed by atoms with Gasteiger partial charge in [-0.2, -0.15) is 0 Å². The summed E-state index contributed by atoms with van der Waals surface area (Å²) >= 11 is 1.35. The highest BCUT2D eigenvalue weighted by Gasteiger charge is 2.11. The first-order valence-electron chi connectivity index (χ1n) is 7.13. The third kappa shape index (κ3) is 3.58. The first-order chi connectivity index (χ1) is 10.2. The lowest BCUT2D eigenvalue weighted by atomic mass is 10.1. The Kier molecular flexibility index (Phi) is 4.15. The van der Waals surface area contributed by atoms with Crippen molar-refractivity contribution < 1.29 is 4.79 Å². The van der Waals surface area contributed by atoms with Crippen LogP contribution in [0.1, 0.15) is 23.1 Å². The minimum absolute atomic E-state index is 0.204. The van der Waals surface area contributed by atoms with Gasteiger partial charge < -0.3 is 5.32 Å². The highest BCUT2D eigenvalue weighted by molar-refractivity contribution is 7.98. The Morgan fingerprint density at radius 1 is 1.05 bits per heavy atom. The molecule has 2 N–H and O–H groups in total. The predicted molar refractivity (Wildman–Crippen MR) is 87.7 cm³/mol. The number of aryl methyl sites for hydroxylation is 3. The lowest BCUT2D eigenvalue weighted by Gasteiger charge is -2.08. The summed E-state index contributed by atoms with van der Waals surface area (Å²) in [5, 5.41) is 2.82. The second-order valence-corrected chi connectivity index (χ2v) is 6.19. The maximum atomic E-state index is 11.9. The lowest BCUT2D eigenvalue weighted by molar-refractivity contribution is 0.257. The van der Waals surface area contributed by atoms with Crippen LogP contribution in [0.25, 0.3) is 0 Å². The molecule has 4 heteroatoms. The maximum Gasteiger partial charge on any atom is 0.329 e. The quantitative estimate of drug-likeness (QED) is 0.829. The molecule has 108 valence electrons. The molecule has 0 saturated heterocycles. The van der Waals surface area contributed by atoms with E-state index in [-0.39, 0.29) is 6.03 Å². The first kappa shape index (κ1) is 14.0. The van der Waals surface area contributed by atoms with Crippen LogP contribution in [0.15, 0.2) is 47.4 Å². The average molecular weight is 298 g/mol. The van der Waals surface area contributed by atoms with E-state index >= 15 is 0 Å². The van der Waals surface area contributed by atoms with Crippen molar-refractivity contribution in [3.8, 4) is 0 Å². The maximum absolute atomic E-state index is 11.9. The van der Waals surface area contributed by atoms with Crippen molar-refractivity contribution in [2.45, 2.75) is 31.1 Å². The molecule has 2 amide bonds. The second kappa shape index (κ2) is 6.22. The van der Waals surface area contributed by atoms with Gasteiger partial charge in [0, 0.05) is 10.6 Å². The molecular formula is C17H18N2OS. The van der Waals surface area contributed by atoms with Gasteiger partial charge in [-0.3, -0.25) is 4.72 Å². The summed E-state index contributed by atoms with van der Waals surface area (Å²) in [6, 6.07) is 14.0. The zero-order valence-corrected chi connectivity index (χ0v) is 12.8. The molecule has 0 aliphatic heterocycles. The van der Waals surface area contributed by atoms with E-state index in [1.54, 1.807) is 0 Å². The summed E-state index contributed by atoms with van der Waals surface area (Å²) in [7, 11) is 0. The summed E-state index contributed by atoms with van der Waals surface area (Å²) in [6.07, 6.45) is 3.58. The molecule has 0 bridgehead atoms. The molecule has 0 spiro atoms. The van der Waals surface area contributed by atoms with Crippen molar-refractivity contribution in [1.82, 2.24) is 4.72 Å². The number of carbonyl (C=O) groups excluding carboxylic acids is 1. The number of urea groups is 1. The molecule has 1 aliphatic rings. The van der Waals surface area contributed by atoms with Gasteiger partial charge >= 0.3 is 6.03 Å². The van der Waals surface area contributed by atoms with Crippen LogP contribution >= 0.6 is 11.9 Å². The topological polar surface area (TPSA) is 41.1 Å². The summed E-state index contributed by atoms with van der Waals surface area (Å²) in [5.74, 6) is 0. The fourth-order valence-electron chi connectivity index (χ4n) is 2.51. The molecular weight excluding hydrogens is 280 g/mol. The Bertz CT molecular complexity index is 652. The molecule has 0 radical (unpaired) electrons. The third-order valence-electron chi connectivity index (χ3n) is 3.64. The van der Waals surface area contributed by atoms with Gasteiger partial charge in [0.05, 0.1) is 0 Å². The number of rotatable bonds is 3. The Morgan fingerprint density at radius 2 is 1.81 bits per heavy atom.